The van der Waals surface area contributed by atoms with Crippen LogP contribution in [0.25, 0.3) is 0 Å². The molecule has 0 spiro atoms. The third-order valence-electron chi connectivity index (χ3n) is 5.50. The largest absolute Gasteiger partial charge is 0.436 e. The number of aryl methyl sites for hydroxylation is 1. The van der Waals surface area contributed by atoms with Crippen LogP contribution in [0.1, 0.15) is 33.6 Å². The van der Waals surface area contributed by atoms with E-state index in [9.17, 15) is 39.9 Å². The Labute approximate surface area is 195 Å². The molecule has 0 radical (unpaired) electrons. The van der Waals surface area contributed by atoms with Gasteiger partial charge in [-0.05, 0) is 29.5 Å². The van der Waals surface area contributed by atoms with E-state index in [1.807, 2.05) is 0 Å². The van der Waals surface area contributed by atoms with Gasteiger partial charge in [0.25, 0.3) is 0 Å². The van der Waals surface area contributed by atoms with Crippen LogP contribution in [0.5, 0.6) is 0 Å². The van der Waals surface area contributed by atoms with Gasteiger partial charge in [-0.3, -0.25) is 9.36 Å². The smallest absolute Gasteiger partial charge is 0.392 e. The van der Waals surface area contributed by atoms with Crippen molar-refractivity contribution in [3.63, 3.8) is 0 Å². The number of rotatable bonds is 6. The van der Waals surface area contributed by atoms with Crippen LogP contribution in [0.3, 0.4) is 0 Å². The predicted molar refractivity (Wildman–Crippen MR) is 108 cm³/mol. The zero-order chi connectivity index (χ0) is 25.8. The second-order valence-corrected chi connectivity index (χ2v) is 9.88. The average Bonchev–Trinajstić information content (AvgIpc) is 3.42. The molecule has 35 heavy (non-hydrogen) atoms. The Kier molecular flexibility index (Phi) is 6.22. The number of aromatic nitrogens is 4. The van der Waals surface area contributed by atoms with E-state index < -0.39 is 51.3 Å². The van der Waals surface area contributed by atoms with Crippen molar-refractivity contribution in [1.82, 2.24) is 24.3 Å². The Morgan fingerprint density at radius 3 is 2.29 bits per heavy atom. The molecule has 0 bridgehead atoms. The lowest BCUT2D eigenvalue weighted by atomic mass is 10.1. The van der Waals surface area contributed by atoms with E-state index in [1.54, 1.807) is 18.2 Å². The fraction of sp³-hybridized carbons (Fsp3) is 0.400. The molecule has 190 valence electrons. The molecular formula is C20H19F6N5O3S. The van der Waals surface area contributed by atoms with Crippen molar-refractivity contribution in [2.75, 3.05) is 0 Å². The molecule has 0 amide bonds. The highest BCUT2D eigenvalue weighted by molar-refractivity contribution is 7.89. The maximum Gasteiger partial charge on any atom is 0.436 e. The molecule has 0 fully saturated rings. The number of aliphatic hydroxyl groups excluding tert-OH is 1. The number of hydrogen-bond donors (Lipinski definition) is 2. The molecule has 1 aliphatic rings. The number of nitrogens with zero attached hydrogens (tertiary/aromatic N) is 4. The average molecular weight is 523 g/mol. The molecule has 15 heteroatoms. The van der Waals surface area contributed by atoms with Crippen LogP contribution < -0.4 is 4.72 Å². The minimum Gasteiger partial charge on any atom is -0.392 e. The number of fused-ring (bicyclic) bond motifs is 1. The monoisotopic (exact) mass is 523 g/mol. The number of alkyl halides is 6. The molecule has 1 aliphatic carbocycles. The third-order valence-corrected chi connectivity index (χ3v) is 7.02. The van der Waals surface area contributed by atoms with Crippen molar-refractivity contribution in [2.45, 2.75) is 49.3 Å². The number of sulfonamides is 1. The molecule has 1 unspecified atom stereocenters. The third kappa shape index (κ3) is 5.21. The topological polar surface area (TPSA) is 102 Å². The molecule has 0 saturated carbocycles. The summed E-state index contributed by atoms with van der Waals surface area (Å²) in [6.07, 6.45) is -7.38. The highest BCUT2D eigenvalue weighted by Gasteiger charge is 2.42. The molecule has 1 atom stereocenters. The fourth-order valence-corrected chi connectivity index (χ4v) is 5.52. The Morgan fingerprint density at radius 1 is 1.03 bits per heavy atom. The molecular weight excluding hydrogens is 504 g/mol. The number of nitrogens with one attached hydrogen (secondary N) is 1. The first-order valence-corrected chi connectivity index (χ1v) is 11.6. The van der Waals surface area contributed by atoms with Crippen LogP contribution in [0.4, 0.5) is 26.3 Å². The summed E-state index contributed by atoms with van der Waals surface area (Å²) in [6.45, 7) is -0.856. The maximum absolute atomic E-state index is 13.2. The van der Waals surface area contributed by atoms with Gasteiger partial charge in [-0.1, -0.05) is 18.2 Å². The SMILES string of the molecule is Cn1cc(S(=O)(=O)NC2Cc3ccc(Cn4cc(CO)c(C(F)(F)F)n4)cc3C2)c(C(F)(F)F)n1. The first kappa shape index (κ1) is 25.2. The van der Waals surface area contributed by atoms with Gasteiger partial charge in [-0.15, -0.1) is 0 Å². The first-order chi connectivity index (χ1) is 16.2. The molecule has 2 N–H and O–H groups in total. The lowest BCUT2D eigenvalue weighted by Gasteiger charge is -2.13. The van der Waals surface area contributed by atoms with E-state index >= 15 is 0 Å². The highest BCUT2D eigenvalue weighted by atomic mass is 32.2. The van der Waals surface area contributed by atoms with Gasteiger partial charge in [-0.25, -0.2) is 13.1 Å². The Hall–Kier alpha value is -2.91. The van der Waals surface area contributed by atoms with Crippen LogP contribution >= 0.6 is 0 Å². The summed E-state index contributed by atoms with van der Waals surface area (Å²) in [5, 5.41) is 15.9. The molecule has 3 aromatic rings. The summed E-state index contributed by atoms with van der Waals surface area (Å²) in [5.41, 5.74) is -0.991. The molecule has 2 aromatic heterocycles. The van der Waals surface area contributed by atoms with Crippen molar-refractivity contribution in [2.24, 2.45) is 7.05 Å². The fourth-order valence-electron chi connectivity index (χ4n) is 4.08. The van der Waals surface area contributed by atoms with Crippen LogP contribution in [0.15, 0.2) is 35.5 Å². The molecule has 4 rings (SSSR count). The molecule has 8 nitrogen and oxygen atoms in total. The number of hydrogen-bond acceptors (Lipinski definition) is 5. The Bertz CT molecular complexity index is 1360. The number of halogens is 6. The lowest BCUT2D eigenvalue weighted by Crippen LogP contribution is -2.36. The zero-order valence-electron chi connectivity index (χ0n) is 18.0. The second-order valence-electron chi connectivity index (χ2n) is 8.20. The van der Waals surface area contributed by atoms with Crippen molar-refractivity contribution >= 4 is 10.0 Å². The van der Waals surface area contributed by atoms with E-state index in [2.05, 4.69) is 14.9 Å². The molecule has 2 heterocycles. The van der Waals surface area contributed by atoms with E-state index in [1.165, 1.54) is 7.05 Å². The standard InChI is InChI=1S/C20H19F6N5O3S/c1-30-9-16(18(27-30)20(24,25)26)35(33,34)29-15-5-12-3-2-11(4-13(12)6-15)7-31-8-14(10-32)17(28-31)19(21,22)23/h2-4,8-9,15,29,32H,5-7,10H2,1H3. The minimum atomic E-state index is -4.95. The summed E-state index contributed by atoms with van der Waals surface area (Å²) < 4.78 is 108. The van der Waals surface area contributed by atoms with Gasteiger partial charge in [0.2, 0.25) is 10.0 Å². The Balaban J connectivity index is 1.50. The quantitative estimate of drug-likeness (QED) is 0.484. The predicted octanol–water partition coefficient (Wildman–Crippen LogP) is 2.64. The van der Waals surface area contributed by atoms with Crippen molar-refractivity contribution < 1.29 is 39.9 Å². The number of aliphatic hydroxyl groups is 1. The van der Waals surface area contributed by atoms with Gasteiger partial charge in [0.05, 0.1) is 13.2 Å². The van der Waals surface area contributed by atoms with E-state index in [0.29, 0.717) is 11.1 Å². The minimum absolute atomic E-state index is 0.0304. The maximum atomic E-state index is 13.2. The van der Waals surface area contributed by atoms with Gasteiger partial charge in [0.15, 0.2) is 11.4 Å². The van der Waals surface area contributed by atoms with Crippen molar-refractivity contribution in [1.29, 1.82) is 0 Å². The summed E-state index contributed by atoms with van der Waals surface area (Å²) in [4.78, 5) is -0.969. The highest BCUT2D eigenvalue weighted by Crippen LogP contribution is 2.34. The first-order valence-electron chi connectivity index (χ1n) is 10.2. The van der Waals surface area contributed by atoms with Crippen LogP contribution in [-0.2, 0) is 55.4 Å². The molecule has 0 aliphatic heterocycles. The summed E-state index contributed by atoms with van der Waals surface area (Å²) in [7, 11) is -3.35. The van der Waals surface area contributed by atoms with Crippen LogP contribution in [-0.4, -0.2) is 39.1 Å². The molecule has 0 saturated heterocycles. The van der Waals surface area contributed by atoms with Gasteiger partial charge in [0, 0.05) is 31.0 Å². The van der Waals surface area contributed by atoms with Crippen molar-refractivity contribution in [3.8, 4) is 0 Å². The second kappa shape index (κ2) is 8.64. The normalized spacial score (nSPS) is 16.6. The van der Waals surface area contributed by atoms with Crippen LogP contribution in [0, 0.1) is 0 Å². The van der Waals surface area contributed by atoms with Gasteiger partial charge in [-0.2, -0.15) is 36.5 Å². The van der Waals surface area contributed by atoms with E-state index in [4.69, 9.17) is 0 Å². The summed E-state index contributed by atoms with van der Waals surface area (Å²) in [6, 6.07) is 4.30. The number of benzene rings is 1. The van der Waals surface area contributed by atoms with Gasteiger partial charge >= 0.3 is 12.4 Å². The van der Waals surface area contributed by atoms with E-state index in [-0.39, 0.29) is 24.9 Å². The zero-order valence-corrected chi connectivity index (χ0v) is 18.8. The lowest BCUT2D eigenvalue weighted by molar-refractivity contribution is -0.144. The summed E-state index contributed by atoms with van der Waals surface area (Å²) >= 11 is 0. The Morgan fingerprint density at radius 2 is 1.69 bits per heavy atom. The van der Waals surface area contributed by atoms with Gasteiger partial charge in [0.1, 0.15) is 4.90 Å². The van der Waals surface area contributed by atoms with Gasteiger partial charge < -0.3 is 5.11 Å². The summed E-state index contributed by atoms with van der Waals surface area (Å²) in [5.74, 6) is 0. The van der Waals surface area contributed by atoms with E-state index in [0.717, 1.165) is 27.3 Å². The van der Waals surface area contributed by atoms with Crippen LogP contribution in [0.2, 0.25) is 0 Å². The van der Waals surface area contributed by atoms with Crippen molar-refractivity contribution in [3.05, 3.63) is 64.2 Å². The molecule has 1 aromatic carbocycles.